The molecule has 118 valence electrons. The van der Waals surface area contributed by atoms with E-state index in [0.717, 1.165) is 5.56 Å². The van der Waals surface area contributed by atoms with Crippen LogP contribution in [0.25, 0.3) is 16.9 Å². The zero-order valence-corrected chi connectivity index (χ0v) is 12.7. The highest BCUT2D eigenvalue weighted by Gasteiger charge is 2.17. The van der Waals surface area contributed by atoms with Gasteiger partial charge in [-0.3, -0.25) is 0 Å². The summed E-state index contributed by atoms with van der Waals surface area (Å²) < 4.78 is 15.4. The fourth-order valence-electron chi connectivity index (χ4n) is 2.34. The molecule has 0 aliphatic heterocycles. The number of carboxylic acid groups (broad SMARTS) is 1. The van der Waals surface area contributed by atoms with Crippen molar-refractivity contribution in [1.82, 2.24) is 9.78 Å². The number of aromatic nitrogens is 2. The molecule has 1 aromatic heterocycles. The molecule has 0 aliphatic carbocycles. The molecule has 2 aromatic carbocycles. The monoisotopic (exact) mass is 321 g/mol. The molecule has 0 radical (unpaired) electrons. The highest BCUT2D eigenvalue weighted by Crippen LogP contribution is 2.26. The summed E-state index contributed by atoms with van der Waals surface area (Å²) in [5.41, 5.74) is 2.36. The maximum atomic E-state index is 13.9. The van der Waals surface area contributed by atoms with Gasteiger partial charge < -0.3 is 5.11 Å². The molecule has 5 nitrogen and oxygen atoms in total. The number of rotatable bonds is 3. The van der Waals surface area contributed by atoms with Gasteiger partial charge in [0.2, 0.25) is 0 Å². The molecule has 0 fully saturated rings. The summed E-state index contributed by atoms with van der Waals surface area (Å²) in [5, 5.41) is 22.1. The third kappa shape index (κ3) is 2.75. The van der Waals surface area contributed by atoms with E-state index in [2.05, 4.69) is 5.10 Å². The smallest absolute Gasteiger partial charge is 0.356 e. The summed E-state index contributed by atoms with van der Waals surface area (Å²) in [6.45, 7) is 1.94. The lowest BCUT2D eigenvalue weighted by Crippen LogP contribution is -2.02. The molecule has 0 unspecified atom stereocenters. The minimum Gasteiger partial charge on any atom is -0.476 e. The van der Waals surface area contributed by atoms with Gasteiger partial charge in [-0.25, -0.2) is 13.9 Å². The van der Waals surface area contributed by atoms with Gasteiger partial charge in [0, 0.05) is 5.56 Å². The van der Waals surface area contributed by atoms with Crippen LogP contribution in [0.4, 0.5) is 4.39 Å². The summed E-state index contributed by atoms with van der Waals surface area (Å²) in [4.78, 5) is 11.3. The van der Waals surface area contributed by atoms with E-state index in [4.69, 9.17) is 5.26 Å². The number of halogens is 1. The topological polar surface area (TPSA) is 78.9 Å². The lowest BCUT2D eigenvalue weighted by atomic mass is 10.1. The van der Waals surface area contributed by atoms with E-state index >= 15 is 0 Å². The van der Waals surface area contributed by atoms with E-state index in [-0.39, 0.29) is 11.3 Å². The molecule has 0 bridgehead atoms. The Balaban J connectivity index is 2.19. The number of benzene rings is 2. The van der Waals surface area contributed by atoms with Crippen LogP contribution < -0.4 is 0 Å². The molecule has 24 heavy (non-hydrogen) atoms. The van der Waals surface area contributed by atoms with Crippen molar-refractivity contribution in [2.75, 3.05) is 0 Å². The van der Waals surface area contributed by atoms with Crippen LogP contribution in [0, 0.1) is 24.1 Å². The Morgan fingerprint density at radius 3 is 2.50 bits per heavy atom. The molecule has 0 amide bonds. The van der Waals surface area contributed by atoms with Gasteiger partial charge in [0.1, 0.15) is 11.9 Å². The summed E-state index contributed by atoms with van der Waals surface area (Å²) in [7, 11) is 0. The number of carboxylic acids is 1. The van der Waals surface area contributed by atoms with E-state index < -0.39 is 11.8 Å². The third-order valence-electron chi connectivity index (χ3n) is 3.59. The lowest BCUT2D eigenvalue weighted by molar-refractivity contribution is 0.0690. The van der Waals surface area contributed by atoms with Gasteiger partial charge in [0.25, 0.3) is 0 Å². The van der Waals surface area contributed by atoms with Gasteiger partial charge in [-0.1, -0.05) is 23.8 Å². The van der Waals surface area contributed by atoms with Crippen molar-refractivity contribution in [3.8, 4) is 23.0 Å². The van der Waals surface area contributed by atoms with Crippen LogP contribution in [0.2, 0.25) is 0 Å². The van der Waals surface area contributed by atoms with Crippen molar-refractivity contribution < 1.29 is 14.3 Å². The van der Waals surface area contributed by atoms with Gasteiger partial charge in [-0.15, -0.1) is 0 Å². The highest BCUT2D eigenvalue weighted by atomic mass is 19.1. The van der Waals surface area contributed by atoms with Crippen LogP contribution in [0.5, 0.6) is 0 Å². The van der Waals surface area contributed by atoms with Crippen LogP contribution in [-0.4, -0.2) is 20.9 Å². The van der Waals surface area contributed by atoms with Crippen LogP contribution >= 0.6 is 0 Å². The first-order valence-electron chi connectivity index (χ1n) is 7.10. The molecule has 3 rings (SSSR count). The SMILES string of the molecule is Cc1ccc(-n2nc(C(=O)O)cc2-c2ccc(C#N)c(F)c2)cc1. The number of hydrogen-bond acceptors (Lipinski definition) is 3. The summed E-state index contributed by atoms with van der Waals surface area (Å²) >= 11 is 0. The Bertz CT molecular complexity index is 969. The molecule has 3 aromatic rings. The first-order valence-corrected chi connectivity index (χ1v) is 7.10. The van der Waals surface area contributed by atoms with Crippen molar-refractivity contribution in [2.24, 2.45) is 0 Å². The van der Waals surface area contributed by atoms with Gasteiger partial charge in [0.05, 0.1) is 16.9 Å². The number of aromatic carboxylic acids is 1. The maximum Gasteiger partial charge on any atom is 0.356 e. The average molecular weight is 321 g/mol. The molecule has 6 heteroatoms. The van der Waals surface area contributed by atoms with Gasteiger partial charge in [-0.05, 0) is 37.3 Å². The molecular formula is C18H12FN3O2. The van der Waals surface area contributed by atoms with Gasteiger partial charge >= 0.3 is 5.97 Å². The fraction of sp³-hybridized carbons (Fsp3) is 0.0556. The highest BCUT2D eigenvalue weighted by molar-refractivity contribution is 5.87. The number of nitrogens with zero attached hydrogens (tertiary/aromatic N) is 3. The third-order valence-corrected chi connectivity index (χ3v) is 3.59. The number of hydrogen-bond donors (Lipinski definition) is 1. The van der Waals surface area contributed by atoms with Crippen LogP contribution in [0.1, 0.15) is 21.6 Å². The molecule has 0 spiro atoms. The van der Waals surface area contributed by atoms with Crippen LogP contribution in [-0.2, 0) is 0 Å². The molecule has 1 N–H and O–H groups in total. The average Bonchev–Trinajstić information content (AvgIpc) is 3.01. The maximum absolute atomic E-state index is 13.9. The summed E-state index contributed by atoms with van der Waals surface area (Å²) in [5.74, 6) is -1.83. The largest absolute Gasteiger partial charge is 0.476 e. The van der Waals surface area contributed by atoms with Gasteiger partial charge in [0.15, 0.2) is 5.69 Å². The minimum atomic E-state index is -1.17. The van der Waals surface area contributed by atoms with E-state index in [1.165, 1.54) is 22.9 Å². The molecule has 0 aliphatic rings. The molecule has 0 atom stereocenters. The Morgan fingerprint density at radius 2 is 1.92 bits per heavy atom. The second-order valence-corrected chi connectivity index (χ2v) is 5.27. The zero-order valence-electron chi connectivity index (χ0n) is 12.7. The zero-order chi connectivity index (χ0) is 17.3. The quantitative estimate of drug-likeness (QED) is 0.800. The van der Waals surface area contributed by atoms with Crippen LogP contribution in [0.3, 0.4) is 0 Å². The van der Waals surface area contributed by atoms with E-state index in [9.17, 15) is 14.3 Å². The fourth-order valence-corrected chi connectivity index (χ4v) is 2.34. The van der Waals surface area contributed by atoms with Gasteiger partial charge in [-0.2, -0.15) is 10.4 Å². The van der Waals surface area contributed by atoms with E-state index in [0.29, 0.717) is 16.9 Å². The van der Waals surface area contributed by atoms with Crippen molar-refractivity contribution >= 4 is 5.97 Å². The second kappa shape index (κ2) is 5.97. The number of aryl methyl sites for hydroxylation is 1. The standard InChI is InChI=1S/C18H12FN3O2/c1-11-2-6-14(7-3-11)22-17(9-16(21-22)18(23)24)12-4-5-13(10-20)15(19)8-12/h2-9H,1H3,(H,23,24). The van der Waals surface area contributed by atoms with Crippen molar-refractivity contribution in [2.45, 2.75) is 6.92 Å². The number of nitriles is 1. The Hall–Kier alpha value is -3.46. The Kier molecular flexibility index (Phi) is 3.84. The molecule has 0 saturated heterocycles. The lowest BCUT2D eigenvalue weighted by Gasteiger charge is -2.08. The molecule has 0 saturated carbocycles. The predicted octanol–water partition coefficient (Wildman–Crippen LogP) is 3.56. The summed E-state index contributed by atoms with van der Waals surface area (Å²) in [6.07, 6.45) is 0. The normalized spacial score (nSPS) is 10.4. The predicted molar refractivity (Wildman–Crippen MR) is 85.4 cm³/mol. The number of carbonyl (C=O) groups is 1. The van der Waals surface area contributed by atoms with E-state index in [1.807, 2.05) is 19.1 Å². The second-order valence-electron chi connectivity index (χ2n) is 5.27. The first-order chi connectivity index (χ1) is 11.5. The van der Waals surface area contributed by atoms with E-state index in [1.54, 1.807) is 24.3 Å². The Labute approximate surface area is 137 Å². The van der Waals surface area contributed by atoms with Crippen LogP contribution in [0.15, 0.2) is 48.5 Å². The molecule has 1 heterocycles. The van der Waals surface area contributed by atoms with Crippen molar-refractivity contribution in [3.05, 3.63) is 71.2 Å². The van der Waals surface area contributed by atoms with Crippen molar-refractivity contribution in [3.63, 3.8) is 0 Å². The minimum absolute atomic E-state index is 0.0707. The Morgan fingerprint density at radius 1 is 1.21 bits per heavy atom. The van der Waals surface area contributed by atoms with Crippen molar-refractivity contribution in [1.29, 1.82) is 5.26 Å². The summed E-state index contributed by atoms with van der Waals surface area (Å²) in [6, 6.07) is 14.6. The molecular weight excluding hydrogens is 309 g/mol. The first kappa shape index (κ1) is 15.4.